The molecule has 280 valence electrons. The van der Waals surface area contributed by atoms with Crippen LogP contribution in [0.25, 0.3) is 0 Å². The van der Waals surface area contributed by atoms with E-state index in [4.69, 9.17) is 9.05 Å². The Morgan fingerprint density at radius 1 is 0.938 bits per heavy atom. The van der Waals surface area contributed by atoms with Crippen molar-refractivity contribution >= 4 is 192 Å². The van der Waals surface area contributed by atoms with E-state index in [0.717, 1.165) is 42.4 Å². The molecule has 0 aromatic rings. The fraction of sp³-hybridized carbons (Fsp3) is 0.762. The Morgan fingerprint density at radius 3 is 1.94 bits per heavy atom. The van der Waals surface area contributed by atoms with Gasteiger partial charge in [0.05, 0.1) is 27.3 Å². The highest BCUT2D eigenvalue weighted by Crippen LogP contribution is 3.18. The molecule has 4 nitrogen and oxygen atoms in total. The third-order valence-electron chi connectivity index (χ3n) is 8.70. The van der Waals surface area contributed by atoms with Gasteiger partial charge in [-0.25, -0.2) is 0 Å². The zero-order chi connectivity index (χ0) is 37.0. The van der Waals surface area contributed by atoms with Gasteiger partial charge in [-0.1, -0.05) is 63.2 Å². The van der Waals surface area contributed by atoms with Crippen LogP contribution in [0.15, 0.2) is 23.3 Å². The van der Waals surface area contributed by atoms with Crippen molar-refractivity contribution in [3.63, 3.8) is 0 Å². The molecule has 1 saturated carbocycles. The Morgan fingerprint density at radius 2 is 1.50 bits per heavy atom. The molecule has 48 heavy (non-hydrogen) atoms. The monoisotopic (exact) mass is 1090 g/mol. The lowest BCUT2D eigenvalue weighted by Crippen LogP contribution is -2.55. The maximum Gasteiger partial charge on any atom is 0.169 e. The molecule has 2 aliphatic carbocycles. The van der Waals surface area contributed by atoms with E-state index in [2.05, 4.69) is 141 Å². The molecule has 0 aromatic carbocycles. The molecule has 2 aliphatic rings. The van der Waals surface area contributed by atoms with Crippen LogP contribution in [0, 0.1) is 23.2 Å². The predicted octanol–water partition coefficient (Wildman–Crippen LogP) is 17.1. The molecular weight excluding hydrogens is 1030 g/mol. The summed E-state index contributed by atoms with van der Waals surface area (Å²) >= 11 is 0. The van der Waals surface area contributed by atoms with Crippen molar-refractivity contribution in [2.24, 2.45) is 23.2 Å². The molecule has 0 saturated heterocycles. The summed E-state index contributed by atoms with van der Waals surface area (Å²) in [5.41, 5.74) is 2.78. The summed E-state index contributed by atoms with van der Waals surface area (Å²) in [6.07, 6.45) is 2.11. The van der Waals surface area contributed by atoms with Gasteiger partial charge in [0.2, 0.25) is 0 Å². The number of carbonyl (C=O) groups excluding carboxylic acids is 1. The van der Waals surface area contributed by atoms with E-state index in [1.54, 1.807) is 0 Å². The maximum atomic E-state index is 15.1. The zero-order valence-corrected chi connectivity index (χ0v) is 51.9. The lowest BCUT2D eigenvalue weighted by molar-refractivity contribution is -0.135. The summed E-state index contributed by atoms with van der Waals surface area (Å²) in [5, 5.41) is 12.5. The van der Waals surface area contributed by atoms with Gasteiger partial charge in [0, 0.05) is 32.8 Å². The van der Waals surface area contributed by atoms with Crippen LogP contribution >= 0.6 is 186 Å². The average molecular weight is 1090 g/mol. The summed E-state index contributed by atoms with van der Waals surface area (Å²) in [6.45, 7) is 12.3. The van der Waals surface area contributed by atoms with Gasteiger partial charge in [0.15, 0.2) is 5.78 Å². The maximum absolute atomic E-state index is 15.1. The van der Waals surface area contributed by atoms with Gasteiger partial charge in [-0.05, 0) is 83.6 Å². The molecule has 0 heterocycles. The first kappa shape index (κ1) is 53.1. The molecule has 27 heteroatoms. The van der Waals surface area contributed by atoms with E-state index in [9.17, 15) is 5.11 Å². The molecule has 2 bridgehead atoms. The SMILES string of the molecule is C=C(CCCC)[C@@H]1[C@H](C)C(=O)[C@H](OP(P(P)P)P(PP)P(P)P)C2=C(C)[C@@H](OP(P(P)P(P)P)P(P(P)P)P(P)P)CC([C@H]1O)C2(C)C. The van der Waals surface area contributed by atoms with Gasteiger partial charge < -0.3 is 14.2 Å². The normalized spacial score (nSPS) is 29.5. The number of unbranched alkanes of at least 4 members (excludes halogenated alkanes) is 1. The second-order valence-corrected chi connectivity index (χ2v) is 95.4. The lowest BCUT2D eigenvalue weighted by Gasteiger charge is -2.54. The van der Waals surface area contributed by atoms with Crippen LogP contribution in [0.5, 0.6) is 0 Å². The van der Waals surface area contributed by atoms with E-state index >= 15 is 4.79 Å². The third-order valence-corrected chi connectivity index (χ3v) is 127. The number of aliphatic hydroxyl groups is 1. The van der Waals surface area contributed by atoms with Gasteiger partial charge >= 0.3 is 0 Å². The van der Waals surface area contributed by atoms with Crippen molar-refractivity contribution < 1.29 is 18.9 Å². The molecule has 2 rings (SSSR count). The minimum Gasteiger partial charge on any atom is -0.392 e. The van der Waals surface area contributed by atoms with Crippen molar-refractivity contribution in [2.75, 3.05) is 0 Å². The van der Waals surface area contributed by atoms with Crippen LogP contribution < -0.4 is 0 Å². The van der Waals surface area contributed by atoms with E-state index in [0.29, 0.717) is 7.96 Å². The van der Waals surface area contributed by atoms with E-state index in [-0.39, 0.29) is 57.6 Å². The summed E-state index contributed by atoms with van der Waals surface area (Å²) in [5.74, 6) is -0.689. The van der Waals surface area contributed by atoms with Crippen molar-refractivity contribution in [3.8, 4) is 0 Å². The Kier molecular flexibility index (Phi) is 27.8. The van der Waals surface area contributed by atoms with Crippen LogP contribution in [0.2, 0.25) is 0 Å². The van der Waals surface area contributed by atoms with Crippen molar-refractivity contribution in [1.82, 2.24) is 0 Å². The Bertz CT molecular complexity index is 1100. The number of carbonyl (C=O) groups is 1. The number of Topliss-reactive ketones (excluding diaryl/α,β-unsaturated/α-hetero) is 1. The standard InChI is InChI=1S/C21H57O4P23/c1-7-8-9-11(2)16-13(4)18(22)20(25-39(41(27)28)47(38-26)43(31)32)17-12(3)15(10-14(19(16)23)21(17,5)6)24-40(46(37)42(29)30)48(44(33)34)45(35)36/h13-16,19-20,23,38H,2,7-10,26-37H2,1,3-6H3/t13-,14?,15-,16+,19+,20+,39?,40?,46?,47?/m0/s1. The van der Waals surface area contributed by atoms with Crippen LogP contribution in [-0.4, -0.2) is 29.2 Å². The molecule has 0 aliphatic heterocycles. The summed E-state index contributed by atoms with van der Waals surface area (Å²) in [6, 6.07) is 0. The average Bonchev–Trinajstić information content (AvgIpc) is 2.97. The minimum absolute atomic E-state index is 0.0916. The van der Waals surface area contributed by atoms with Gasteiger partial charge in [-0.3, -0.25) is 4.79 Å². The second-order valence-electron chi connectivity index (χ2n) is 12.1. The van der Waals surface area contributed by atoms with Crippen LogP contribution in [0.4, 0.5) is 0 Å². The first-order valence-corrected chi connectivity index (χ1v) is 55.1. The number of hydrogen-bond donors (Lipinski definition) is 1. The van der Waals surface area contributed by atoms with Gasteiger partial charge in [0.25, 0.3) is 0 Å². The topological polar surface area (TPSA) is 55.8 Å². The molecule has 18 unspecified atom stereocenters. The highest BCUT2D eigenvalue weighted by molar-refractivity contribution is 9.19. The summed E-state index contributed by atoms with van der Waals surface area (Å²) < 4.78 is 14.9. The van der Waals surface area contributed by atoms with Gasteiger partial charge in [0.1, 0.15) is 6.10 Å². The fourth-order valence-corrected chi connectivity index (χ4v) is 168. The number of rotatable bonds is 17. The molecule has 0 amide bonds. The summed E-state index contributed by atoms with van der Waals surface area (Å²) in [7, 11) is 36.1. The van der Waals surface area contributed by atoms with E-state index in [1.165, 1.54) is 0 Å². The van der Waals surface area contributed by atoms with Crippen molar-refractivity contribution in [3.05, 3.63) is 23.3 Å². The molecule has 0 aromatic heterocycles. The molecule has 0 spiro atoms. The molecule has 1 fully saturated rings. The van der Waals surface area contributed by atoms with Gasteiger partial charge in [-0.2, -0.15) is 0 Å². The van der Waals surface area contributed by atoms with E-state index in [1.807, 2.05) is 6.92 Å². The predicted molar refractivity (Wildman–Crippen MR) is 291 cm³/mol. The molecular formula is C21H57O4P23. The fourth-order valence-electron chi connectivity index (χ4n) is 6.36. The summed E-state index contributed by atoms with van der Waals surface area (Å²) in [4.78, 5) is 15.1. The molecule has 23 atom stereocenters. The second kappa shape index (κ2) is 25.1. The minimum atomic E-state index is -0.870. The van der Waals surface area contributed by atoms with Gasteiger partial charge in [-0.15, -0.1) is 98.2 Å². The van der Waals surface area contributed by atoms with Crippen molar-refractivity contribution in [2.45, 2.75) is 78.6 Å². The zero-order valence-electron chi connectivity index (χ0n) is 28.1. The van der Waals surface area contributed by atoms with Crippen LogP contribution in [0.3, 0.4) is 0 Å². The Hall–Kier alpha value is 8.92. The number of ketones is 1. The first-order valence-electron chi connectivity index (χ1n) is 14.8. The molecule has 1 N–H and O–H groups in total. The molecule has 0 radical (unpaired) electrons. The van der Waals surface area contributed by atoms with E-state index < -0.39 is 60.6 Å². The van der Waals surface area contributed by atoms with Crippen LogP contribution in [0.1, 0.15) is 60.3 Å². The Labute approximate surface area is 333 Å². The highest BCUT2D eigenvalue weighted by Gasteiger charge is 2.56. The first-order chi connectivity index (χ1) is 22.2. The largest absolute Gasteiger partial charge is 0.392 e. The van der Waals surface area contributed by atoms with Crippen LogP contribution in [-0.2, 0) is 13.8 Å². The number of aliphatic hydroxyl groups excluding tert-OH is 1. The van der Waals surface area contributed by atoms with Crippen molar-refractivity contribution in [1.29, 1.82) is 0 Å². The number of hydrogen-bond acceptors (Lipinski definition) is 4. The Balaban J connectivity index is 2.92. The third kappa shape index (κ3) is 14.0. The highest BCUT2D eigenvalue weighted by atomic mass is 33.2. The smallest absolute Gasteiger partial charge is 0.169 e. The number of fused-ring (bicyclic) bond motifs is 2. The quantitative estimate of drug-likeness (QED) is 0.116. The lowest BCUT2D eigenvalue weighted by atomic mass is 9.55.